The number of rotatable bonds is 1. The van der Waals surface area contributed by atoms with Gasteiger partial charge in [-0.2, -0.15) is 5.26 Å². The molecule has 0 atom stereocenters. The molecule has 82 valence electrons. The van der Waals surface area contributed by atoms with Gasteiger partial charge in [0.15, 0.2) is 0 Å². The SMILES string of the molecule is CN1CCCC1=Nc1cccc(Cl)c1C#N. The molecule has 1 aliphatic rings. The first kappa shape index (κ1) is 11.0. The maximum absolute atomic E-state index is 9.02. The summed E-state index contributed by atoms with van der Waals surface area (Å²) in [4.78, 5) is 6.62. The van der Waals surface area contributed by atoms with Gasteiger partial charge in [0.05, 0.1) is 16.3 Å². The Bertz CT molecular complexity index is 474. The lowest BCUT2D eigenvalue weighted by Gasteiger charge is -2.11. The highest BCUT2D eigenvalue weighted by molar-refractivity contribution is 6.32. The molecule has 0 unspecified atom stereocenters. The van der Waals surface area contributed by atoms with Gasteiger partial charge in [0, 0.05) is 20.0 Å². The average Bonchev–Trinajstić information content (AvgIpc) is 2.65. The molecule has 0 radical (unpaired) electrons. The third-order valence-corrected chi connectivity index (χ3v) is 3.00. The first-order valence-electron chi connectivity index (χ1n) is 5.19. The third kappa shape index (κ3) is 2.02. The number of amidine groups is 1. The number of aliphatic imine (C=N–C) groups is 1. The van der Waals surface area contributed by atoms with Crippen LogP contribution in [0.3, 0.4) is 0 Å². The van der Waals surface area contributed by atoms with Gasteiger partial charge in [-0.05, 0) is 18.6 Å². The Morgan fingerprint density at radius 3 is 2.94 bits per heavy atom. The molecule has 4 heteroatoms. The van der Waals surface area contributed by atoms with Gasteiger partial charge in [-0.25, -0.2) is 4.99 Å². The van der Waals surface area contributed by atoms with Gasteiger partial charge in [-0.15, -0.1) is 0 Å². The van der Waals surface area contributed by atoms with E-state index in [0.717, 1.165) is 25.2 Å². The molecular formula is C12H12ClN3. The lowest BCUT2D eigenvalue weighted by molar-refractivity contribution is 0.550. The Labute approximate surface area is 100.0 Å². The molecule has 0 amide bonds. The van der Waals surface area contributed by atoms with Crippen LogP contribution >= 0.6 is 11.6 Å². The molecule has 2 rings (SSSR count). The highest BCUT2D eigenvalue weighted by Gasteiger charge is 2.15. The van der Waals surface area contributed by atoms with Crippen LogP contribution < -0.4 is 0 Å². The topological polar surface area (TPSA) is 39.4 Å². The van der Waals surface area contributed by atoms with E-state index in [1.807, 2.05) is 19.2 Å². The largest absolute Gasteiger partial charge is 0.363 e. The molecule has 1 aromatic carbocycles. The Hall–Kier alpha value is -1.53. The second-order valence-corrected chi connectivity index (χ2v) is 4.21. The van der Waals surface area contributed by atoms with Crippen LogP contribution in [0, 0.1) is 11.3 Å². The van der Waals surface area contributed by atoms with Gasteiger partial charge in [0.25, 0.3) is 0 Å². The molecule has 0 spiro atoms. The van der Waals surface area contributed by atoms with Crippen molar-refractivity contribution >= 4 is 23.1 Å². The fourth-order valence-corrected chi connectivity index (χ4v) is 2.00. The Morgan fingerprint density at radius 2 is 2.31 bits per heavy atom. The molecule has 1 fully saturated rings. The smallest absolute Gasteiger partial charge is 0.105 e. The van der Waals surface area contributed by atoms with Gasteiger partial charge >= 0.3 is 0 Å². The maximum Gasteiger partial charge on any atom is 0.105 e. The maximum atomic E-state index is 9.02. The predicted octanol–water partition coefficient (Wildman–Crippen LogP) is 2.97. The summed E-state index contributed by atoms with van der Waals surface area (Å²) in [5.74, 6) is 1.03. The minimum Gasteiger partial charge on any atom is -0.363 e. The van der Waals surface area contributed by atoms with Crippen LogP contribution in [0.2, 0.25) is 5.02 Å². The van der Waals surface area contributed by atoms with Crippen molar-refractivity contribution in [3.05, 3.63) is 28.8 Å². The highest BCUT2D eigenvalue weighted by Crippen LogP contribution is 2.27. The van der Waals surface area contributed by atoms with E-state index in [1.165, 1.54) is 0 Å². The monoisotopic (exact) mass is 233 g/mol. The number of hydrogen-bond acceptors (Lipinski definition) is 2. The van der Waals surface area contributed by atoms with Crippen molar-refractivity contribution < 1.29 is 0 Å². The van der Waals surface area contributed by atoms with Gasteiger partial charge < -0.3 is 4.90 Å². The fraction of sp³-hybridized carbons (Fsp3) is 0.333. The van der Waals surface area contributed by atoms with Crippen molar-refractivity contribution in [2.75, 3.05) is 13.6 Å². The van der Waals surface area contributed by atoms with Crippen molar-refractivity contribution in [3.63, 3.8) is 0 Å². The molecule has 0 aliphatic carbocycles. The van der Waals surface area contributed by atoms with Gasteiger partial charge in [-0.1, -0.05) is 17.7 Å². The number of likely N-dealkylation sites (tertiary alicyclic amines) is 1. The minimum absolute atomic E-state index is 0.456. The minimum atomic E-state index is 0.456. The molecule has 0 N–H and O–H groups in total. The Balaban J connectivity index is 2.42. The van der Waals surface area contributed by atoms with Crippen LogP contribution in [0.1, 0.15) is 18.4 Å². The van der Waals surface area contributed by atoms with Crippen LogP contribution in [-0.4, -0.2) is 24.3 Å². The summed E-state index contributed by atoms with van der Waals surface area (Å²) in [6.45, 7) is 1.03. The quantitative estimate of drug-likeness (QED) is 0.748. The van der Waals surface area contributed by atoms with Crippen LogP contribution in [0.4, 0.5) is 5.69 Å². The van der Waals surface area contributed by atoms with E-state index in [0.29, 0.717) is 16.3 Å². The van der Waals surface area contributed by atoms with Crippen LogP contribution in [0.5, 0.6) is 0 Å². The van der Waals surface area contributed by atoms with E-state index in [2.05, 4.69) is 16.0 Å². The normalized spacial score (nSPS) is 17.8. The van der Waals surface area contributed by atoms with Gasteiger partial charge in [0.1, 0.15) is 11.9 Å². The first-order chi connectivity index (χ1) is 7.72. The Morgan fingerprint density at radius 1 is 1.50 bits per heavy atom. The van der Waals surface area contributed by atoms with Crippen molar-refractivity contribution in [2.24, 2.45) is 4.99 Å². The average molecular weight is 234 g/mol. The van der Waals surface area contributed by atoms with Crippen molar-refractivity contribution in [1.29, 1.82) is 5.26 Å². The lowest BCUT2D eigenvalue weighted by atomic mass is 10.2. The zero-order chi connectivity index (χ0) is 11.5. The van der Waals surface area contributed by atoms with Crippen LogP contribution in [-0.2, 0) is 0 Å². The summed E-state index contributed by atoms with van der Waals surface area (Å²) in [5.41, 5.74) is 1.12. The third-order valence-electron chi connectivity index (χ3n) is 2.69. The van der Waals surface area contributed by atoms with Gasteiger partial charge in [-0.3, -0.25) is 0 Å². The zero-order valence-corrected chi connectivity index (χ0v) is 9.83. The summed E-state index contributed by atoms with van der Waals surface area (Å²) in [5, 5.41) is 9.48. The molecule has 1 heterocycles. The second-order valence-electron chi connectivity index (χ2n) is 3.80. The summed E-state index contributed by atoms with van der Waals surface area (Å²) >= 11 is 5.95. The molecule has 0 aromatic heterocycles. The van der Waals surface area contributed by atoms with E-state index in [-0.39, 0.29) is 0 Å². The van der Waals surface area contributed by atoms with Crippen molar-refractivity contribution in [1.82, 2.24) is 4.90 Å². The summed E-state index contributed by atoms with van der Waals surface area (Å²) in [6, 6.07) is 7.45. The number of nitriles is 1. The van der Waals surface area contributed by atoms with Crippen molar-refractivity contribution in [2.45, 2.75) is 12.8 Å². The van der Waals surface area contributed by atoms with E-state index in [9.17, 15) is 0 Å². The first-order valence-corrected chi connectivity index (χ1v) is 5.57. The van der Waals surface area contributed by atoms with Crippen LogP contribution in [0.15, 0.2) is 23.2 Å². The standard InChI is InChI=1S/C12H12ClN3/c1-16-7-3-6-12(16)15-11-5-2-4-10(13)9(11)8-14/h2,4-5H,3,6-7H2,1H3. The summed E-state index contributed by atoms with van der Waals surface area (Å²) in [7, 11) is 2.02. The number of benzene rings is 1. The predicted molar refractivity (Wildman–Crippen MR) is 65.1 cm³/mol. The second kappa shape index (κ2) is 4.54. The van der Waals surface area contributed by atoms with E-state index in [4.69, 9.17) is 16.9 Å². The number of hydrogen-bond donors (Lipinski definition) is 0. The van der Waals surface area contributed by atoms with Gasteiger partial charge in [0.2, 0.25) is 0 Å². The molecule has 1 aromatic rings. The van der Waals surface area contributed by atoms with Crippen LogP contribution in [0.25, 0.3) is 0 Å². The Kier molecular flexibility index (Phi) is 3.12. The molecule has 16 heavy (non-hydrogen) atoms. The fourth-order valence-electron chi connectivity index (χ4n) is 1.79. The summed E-state index contributed by atoms with van der Waals surface area (Å²) in [6.07, 6.45) is 2.09. The molecule has 1 aliphatic heterocycles. The lowest BCUT2D eigenvalue weighted by Crippen LogP contribution is -2.18. The molecule has 1 saturated heterocycles. The molecule has 0 bridgehead atoms. The number of halogens is 1. The molecule has 3 nitrogen and oxygen atoms in total. The van der Waals surface area contributed by atoms with E-state index >= 15 is 0 Å². The summed E-state index contributed by atoms with van der Waals surface area (Å²) < 4.78 is 0. The van der Waals surface area contributed by atoms with E-state index in [1.54, 1.807) is 6.07 Å². The highest BCUT2D eigenvalue weighted by atomic mass is 35.5. The number of nitrogens with zero attached hydrogens (tertiary/aromatic N) is 3. The zero-order valence-electron chi connectivity index (χ0n) is 9.07. The molecular weight excluding hydrogens is 222 g/mol. The molecule has 0 saturated carbocycles. The van der Waals surface area contributed by atoms with E-state index < -0.39 is 0 Å². The van der Waals surface area contributed by atoms with Crippen molar-refractivity contribution in [3.8, 4) is 6.07 Å².